The van der Waals surface area contributed by atoms with Crippen LogP contribution in [-0.4, -0.2) is 59.7 Å². The van der Waals surface area contributed by atoms with Crippen LogP contribution in [0, 0.1) is 0 Å². The molecule has 1 aliphatic rings. The maximum absolute atomic E-state index is 11.9. The summed E-state index contributed by atoms with van der Waals surface area (Å²) in [5, 5.41) is 13.8. The summed E-state index contributed by atoms with van der Waals surface area (Å²) in [7, 11) is 0. The van der Waals surface area contributed by atoms with Gasteiger partial charge in [0, 0.05) is 6.54 Å². The molecule has 0 unspecified atom stereocenters. The lowest BCUT2D eigenvalue weighted by Crippen LogP contribution is -2.30. The topological polar surface area (TPSA) is 124 Å². The lowest BCUT2D eigenvalue weighted by Gasteiger charge is -2.22. The first kappa shape index (κ1) is 15.4. The molecular weight excluding hydrogens is 276 g/mol. The van der Waals surface area contributed by atoms with Crippen molar-refractivity contribution < 1.29 is 14.3 Å². The Hall–Kier alpha value is -2.00. The third-order valence-corrected chi connectivity index (χ3v) is 3.20. The highest BCUT2D eigenvalue weighted by molar-refractivity contribution is 5.91. The minimum absolute atomic E-state index is 0.151. The van der Waals surface area contributed by atoms with Gasteiger partial charge in [-0.05, 0) is 25.9 Å². The van der Waals surface area contributed by atoms with E-state index < -0.39 is 5.91 Å². The third kappa shape index (κ3) is 4.80. The van der Waals surface area contributed by atoms with Crippen LogP contribution < -0.4 is 16.4 Å². The number of aromatic nitrogens is 3. The number of piperidine rings is 1. The highest BCUT2D eigenvalue weighted by Crippen LogP contribution is 2.16. The van der Waals surface area contributed by atoms with Crippen LogP contribution in [0.4, 0.5) is 0 Å². The summed E-state index contributed by atoms with van der Waals surface area (Å²) < 4.78 is 6.69. The number of nitrogens with two attached hydrogens (primary N) is 1. The number of nitrogens with zero attached hydrogens (tertiary/aromatic N) is 3. The van der Waals surface area contributed by atoms with E-state index in [0.717, 1.165) is 25.9 Å². The molecule has 9 nitrogen and oxygen atoms in total. The normalized spacial score (nSPS) is 15.8. The summed E-state index contributed by atoms with van der Waals surface area (Å²) in [6.07, 6.45) is 3.62. The van der Waals surface area contributed by atoms with Crippen LogP contribution in [0.5, 0.6) is 0 Å². The lowest BCUT2D eigenvalue weighted by molar-refractivity contribution is -0.122. The zero-order valence-electron chi connectivity index (χ0n) is 11.7. The molecule has 1 aromatic rings. The van der Waals surface area contributed by atoms with E-state index in [1.807, 2.05) is 0 Å². The highest BCUT2D eigenvalue weighted by atomic mass is 16.5. The number of carbonyl (C=O) groups is 2. The predicted molar refractivity (Wildman–Crippen MR) is 73.5 cm³/mol. The van der Waals surface area contributed by atoms with E-state index in [1.165, 1.54) is 0 Å². The van der Waals surface area contributed by atoms with Crippen molar-refractivity contribution in [3.05, 3.63) is 11.9 Å². The van der Waals surface area contributed by atoms with Gasteiger partial charge in [0.05, 0.1) is 18.8 Å². The zero-order valence-corrected chi connectivity index (χ0v) is 11.7. The smallest absolute Gasteiger partial charge is 0.273 e. The van der Waals surface area contributed by atoms with Gasteiger partial charge in [-0.15, -0.1) is 5.10 Å². The number of hydrogen-bond acceptors (Lipinski definition) is 6. The molecule has 1 aliphatic heterocycles. The summed E-state index contributed by atoms with van der Waals surface area (Å²) in [6, 6.07) is 0.291. The van der Waals surface area contributed by atoms with Crippen LogP contribution >= 0.6 is 0 Å². The van der Waals surface area contributed by atoms with E-state index in [1.54, 1.807) is 10.9 Å². The summed E-state index contributed by atoms with van der Waals surface area (Å²) in [6.45, 7) is 2.25. The van der Waals surface area contributed by atoms with E-state index in [4.69, 9.17) is 10.5 Å². The second-order valence-electron chi connectivity index (χ2n) is 4.84. The standard InChI is InChI=1S/C12H20N6O3/c13-11(19)8-21-6-5-15-12(20)10-7-18(17-16-10)9-1-3-14-4-2-9/h7,9,14H,1-6,8H2,(H2,13,19)(H,15,20). The van der Waals surface area contributed by atoms with Crippen LogP contribution in [-0.2, 0) is 9.53 Å². The number of nitrogens with one attached hydrogen (secondary N) is 2. The highest BCUT2D eigenvalue weighted by Gasteiger charge is 2.18. The maximum Gasteiger partial charge on any atom is 0.273 e. The van der Waals surface area contributed by atoms with Crippen molar-refractivity contribution in [2.75, 3.05) is 32.8 Å². The Bertz CT molecular complexity index is 483. The number of rotatable bonds is 7. The van der Waals surface area contributed by atoms with Gasteiger partial charge >= 0.3 is 0 Å². The second kappa shape index (κ2) is 7.70. The fraction of sp³-hybridized carbons (Fsp3) is 0.667. The van der Waals surface area contributed by atoms with Gasteiger partial charge in [-0.25, -0.2) is 4.68 Å². The summed E-state index contributed by atoms with van der Waals surface area (Å²) in [5.41, 5.74) is 5.20. The molecule has 0 atom stereocenters. The van der Waals surface area contributed by atoms with Crippen LogP contribution in [0.25, 0.3) is 0 Å². The van der Waals surface area contributed by atoms with Gasteiger partial charge in [0.1, 0.15) is 6.61 Å². The van der Waals surface area contributed by atoms with Gasteiger partial charge in [0.2, 0.25) is 5.91 Å². The summed E-state index contributed by atoms with van der Waals surface area (Å²) in [4.78, 5) is 22.3. The molecule has 0 saturated carbocycles. The fourth-order valence-electron chi connectivity index (χ4n) is 2.13. The number of amides is 2. The molecule has 2 amide bonds. The minimum Gasteiger partial charge on any atom is -0.370 e. The maximum atomic E-state index is 11.9. The second-order valence-corrected chi connectivity index (χ2v) is 4.84. The first-order valence-corrected chi connectivity index (χ1v) is 6.93. The van der Waals surface area contributed by atoms with Crippen LogP contribution in [0.15, 0.2) is 6.20 Å². The van der Waals surface area contributed by atoms with Gasteiger partial charge in [-0.2, -0.15) is 0 Å². The average Bonchev–Trinajstić information content (AvgIpc) is 2.97. The van der Waals surface area contributed by atoms with Crippen molar-refractivity contribution in [2.24, 2.45) is 5.73 Å². The molecule has 2 heterocycles. The molecule has 116 valence electrons. The van der Waals surface area contributed by atoms with E-state index in [-0.39, 0.29) is 31.4 Å². The van der Waals surface area contributed by atoms with Crippen molar-refractivity contribution in [1.82, 2.24) is 25.6 Å². The molecule has 9 heteroatoms. The Balaban J connectivity index is 1.75. The molecule has 1 fully saturated rings. The molecule has 0 aliphatic carbocycles. The predicted octanol–water partition coefficient (Wildman–Crippen LogP) is -1.57. The molecule has 1 saturated heterocycles. The Morgan fingerprint density at radius 1 is 1.48 bits per heavy atom. The molecular formula is C12H20N6O3. The average molecular weight is 296 g/mol. The van der Waals surface area contributed by atoms with Gasteiger partial charge in [-0.3, -0.25) is 9.59 Å². The molecule has 0 radical (unpaired) electrons. The SMILES string of the molecule is NC(=O)COCCNC(=O)c1cn(C2CCNCC2)nn1. The Morgan fingerprint density at radius 3 is 2.95 bits per heavy atom. The molecule has 0 aromatic carbocycles. The first-order valence-electron chi connectivity index (χ1n) is 6.93. The van der Waals surface area contributed by atoms with E-state index in [9.17, 15) is 9.59 Å². The van der Waals surface area contributed by atoms with Gasteiger partial charge < -0.3 is 21.1 Å². The van der Waals surface area contributed by atoms with Crippen LogP contribution in [0.1, 0.15) is 29.4 Å². The molecule has 1 aromatic heterocycles. The molecule has 21 heavy (non-hydrogen) atoms. The monoisotopic (exact) mass is 296 g/mol. The van der Waals surface area contributed by atoms with Gasteiger partial charge in [0.15, 0.2) is 5.69 Å². The molecule has 2 rings (SSSR count). The molecule has 0 bridgehead atoms. The largest absolute Gasteiger partial charge is 0.370 e. The fourth-order valence-corrected chi connectivity index (χ4v) is 2.13. The van der Waals surface area contributed by atoms with Crippen LogP contribution in [0.2, 0.25) is 0 Å². The van der Waals surface area contributed by atoms with Gasteiger partial charge in [0.25, 0.3) is 5.91 Å². The quantitative estimate of drug-likeness (QED) is 0.522. The van der Waals surface area contributed by atoms with E-state index in [2.05, 4.69) is 20.9 Å². The summed E-state index contributed by atoms with van der Waals surface area (Å²) >= 11 is 0. The third-order valence-electron chi connectivity index (χ3n) is 3.20. The Morgan fingerprint density at radius 2 is 2.24 bits per heavy atom. The Kier molecular flexibility index (Phi) is 5.64. The summed E-state index contributed by atoms with van der Waals surface area (Å²) in [5.74, 6) is -0.843. The van der Waals surface area contributed by atoms with Gasteiger partial charge in [-0.1, -0.05) is 5.21 Å². The zero-order chi connectivity index (χ0) is 15.1. The van der Waals surface area contributed by atoms with Crippen molar-refractivity contribution >= 4 is 11.8 Å². The van der Waals surface area contributed by atoms with Crippen molar-refractivity contribution in [3.63, 3.8) is 0 Å². The number of hydrogen-bond donors (Lipinski definition) is 3. The van der Waals surface area contributed by atoms with E-state index >= 15 is 0 Å². The van der Waals surface area contributed by atoms with E-state index in [0.29, 0.717) is 6.04 Å². The minimum atomic E-state index is -0.536. The van der Waals surface area contributed by atoms with Crippen LogP contribution in [0.3, 0.4) is 0 Å². The molecule has 0 spiro atoms. The van der Waals surface area contributed by atoms with Crippen molar-refractivity contribution in [2.45, 2.75) is 18.9 Å². The number of ether oxygens (including phenoxy) is 1. The number of carbonyl (C=O) groups excluding carboxylic acids is 2. The molecule has 4 N–H and O–H groups in total. The Labute approximate surface area is 122 Å². The lowest BCUT2D eigenvalue weighted by atomic mass is 10.1. The number of primary amides is 1. The first-order chi connectivity index (χ1) is 10.2. The van der Waals surface area contributed by atoms with Crippen molar-refractivity contribution in [1.29, 1.82) is 0 Å². The van der Waals surface area contributed by atoms with Crippen molar-refractivity contribution in [3.8, 4) is 0 Å².